The predicted molar refractivity (Wildman–Crippen MR) is 108 cm³/mol. The molecule has 0 radical (unpaired) electrons. The highest BCUT2D eigenvalue weighted by Gasteiger charge is 2.23. The van der Waals surface area contributed by atoms with Crippen LogP contribution in [0, 0.1) is 5.92 Å². The molecule has 1 amide bonds. The average molecular weight is 396 g/mol. The van der Waals surface area contributed by atoms with Gasteiger partial charge in [-0.05, 0) is 56.5 Å². The Balaban J connectivity index is 1.92. The molecule has 0 bridgehead atoms. The molecule has 1 aliphatic rings. The second-order valence-corrected chi connectivity index (χ2v) is 9.08. The van der Waals surface area contributed by atoms with Crippen LogP contribution in [0.25, 0.3) is 0 Å². The summed E-state index contributed by atoms with van der Waals surface area (Å²) in [4.78, 5) is 14.8. The van der Waals surface area contributed by atoms with Crippen LogP contribution in [0.3, 0.4) is 0 Å². The van der Waals surface area contributed by atoms with Crippen molar-refractivity contribution in [1.82, 2.24) is 14.5 Å². The van der Waals surface area contributed by atoms with Gasteiger partial charge in [0, 0.05) is 32.6 Å². The van der Waals surface area contributed by atoms with E-state index in [-0.39, 0.29) is 5.91 Å². The maximum atomic E-state index is 12.5. The van der Waals surface area contributed by atoms with Crippen molar-refractivity contribution >= 4 is 15.9 Å². The first-order valence-corrected chi connectivity index (χ1v) is 11.4. The van der Waals surface area contributed by atoms with Gasteiger partial charge in [-0.3, -0.25) is 4.79 Å². The summed E-state index contributed by atoms with van der Waals surface area (Å²) in [5.41, 5.74) is 0.991. The van der Waals surface area contributed by atoms with Crippen LogP contribution in [-0.2, 0) is 21.2 Å². The minimum Gasteiger partial charge on any atom is -0.342 e. The first-order chi connectivity index (χ1) is 12.9. The Morgan fingerprint density at radius 3 is 2.48 bits per heavy atom. The number of carbonyl (C=O) groups is 1. The van der Waals surface area contributed by atoms with E-state index in [0.29, 0.717) is 36.7 Å². The molecule has 27 heavy (non-hydrogen) atoms. The van der Waals surface area contributed by atoms with E-state index in [1.807, 2.05) is 37.9 Å². The number of benzene rings is 1. The number of nitrogens with one attached hydrogen (secondary N) is 1. The number of likely N-dealkylation sites (tertiary alicyclic amines) is 1. The third-order valence-electron chi connectivity index (χ3n) is 5.26. The molecule has 2 rings (SSSR count). The number of rotatable bonds is 9. The molecule has 7 heteroatoms. The van der Waals surface area contributed by atoms with Crippen LogP contribution < -0.4 is 5.32 Å². The highest BCUT2D eigenvalue weighted by atomic mass is 32.2. The minimum absolute atomic E-state index is 0.190. The van der Waals surface area contributed by atoms with Gasteiger partial charge in [-0.2, -0.15) is 4.31 Å². The molecule has 1 aromatic carbocycles. The highest BCUT2D eigenvalue weighted by Crippen LogP contribution is 2.19. The van der Waals surface area contributed by atoms with Crippen molar-refractivity contribution in [3.8, 4) is 0 Å². The second kappa shape index (κ2) is 10.2. The SMILES string of the molecule is CCN(CC)S(=O)(=O)c1ccc(CCC(=O)N2CCCC(CNC)C2)cc1. The monoisotopic (exact) mass is 395 g/mol. The standard InChI is InChI=1S/C20H33N3O3S/c1-4-23(5-2)27(25,26)19-11-8-17(9-12-19)10-13-20(24)22-14-6-7-18(16-22)15-21-3/h8-9,11-12,18,21H,4-7,10,13-16H2,1-3H3. The topological polar surface area (TPSA) is 69.7 Å². The Hall–Kier alpha value is -1.44. The molecular weight excluding hydrogens is 362 g/mol. The number of amides is 1. The van der Waals surface area contributed by atoms with Crippen LogP contribution in [0.1, 0.15) is 38.7 Å². The number of carbonyl (C=O) groups excluding carboxylic acids is 1. The molecule has 0 aromatic heterocycles. The Labute approximate surface area is 164 Å². The van der Waals surface area contributed by atoms with Gasteiger partial charge in [-0.15, -0.1) is 0 Å². The number of sulfonamides is 1. The van der Waals surface area contributed by atoms with Crippen molar-refractivity contribution in [2.75, 3.05) is 39.8 Å². The van der Waals surface area contributed by atoms with E-state index < -0.39 is 10.0 Å². The van der Waals surface area contributed by atoms with Gasteiger partial charge in [0.2, 0.25) is 15.9 Å². The molecule has 0 spiro atoms. The zero-order valence-electron chi connectivity index (χ0n) is 16.8. The van der Waals surface area contributed by atoms with Crippen LogP contribution in [-0.4, -0.2) is 63.3 Å². The predicted octanol–water partition coefficient (Wildman–Crippen LogP) is 2.11. The third kappa shape index (κ3) is 5.77. The van der Waals surface area contributed by atoms with Crippen LogP contribution in [0.5, 0.6) is 0 Å². The summed E-state index contributed by atoms with van der Waals surface area (Å²) in [5, 5.41) is 3.20. The van der Waals surface area contributed by atoms with Crippen molar-refractivity contribution in [1.29, 1.82) is 0 Å². The summed E-state index contributed by atoms with van der Waals surface area (Å²) in [6.07, 6.45) is 3.34. The molecule has 1 N–H and O–H groups in total. The van der Waals surface area contributed by atoms with Crippen LogP contribution in [0.2, 0.25) is 0 Å². The number of aryl methyl sites for hydroxylation is 1. The molecule has 1 heterocycles. The Kier molecular flexibility index (Phi) is 8.26. The molecular formula is C20H33N3O3S. The average Bonchev–Trinajstić information content (AvgIpc) is 2.67. The lowest BCUT2D eigenvalue weighted by Crippen LogP contribution is -2.42. The van der Waals surface area contributed by atoms with Gasteiger partial charge in [0.25, 0.3) is 0 Å². The number of hydrogen-bond acceptors (Lipinski definition) is 4. The molecule has 1 aliphatic heterocycles. The van der Waals surface area contributed by atoms with Gasteiger partial charge >= 0.3 is 0 Å². The first-order valence-electron chi connectivity index (χ1n) is 9.93. The number of piperidine rings is 1. The molecule has 1 aromatic rings. The fraction of sp³-hybridized carbons (Fsp3) is 0.650. The lowest BCUT2D eigenvalue weighted by molar-refractivity contribution is -0.132. The van der Waals surface area contributed by atoms with E-state index in [9.17, 15) is 13.2 Å². The molecule has 0 saturated carbocycles. The minimum atomic E-state index is -3.43. The highest BCUT2D eigenvalue weighted by molar-refractivity contribution is 7.89. The first kappa shape index (κ1) is 21.9. The Morgan fingerprint density at radius 2 is 1.89 bits per heavy atom. The van der Waals surface area contributed by atoms with Crippen molar-refractivity contribution in [2.45, 2.75) is 44.4 Å². The van der Waals surface area contributed by atoms with Gasteiger partial charge in [-0.25, -0.2) is 8.42 Å². The molecule has 1 unspecified atom stereocenters. The summed E-state index contributed by atoms with van der Waals surface area (Å²) >= 11 is 0. The Bertz CT molecular complexity index is 698. The van der Waals surface area contributed by atoms with Gasteiger partial charge in [0.1, 0.15) is 0 Å². The molecule has 0 aliphatic carbocycles. The van der Waals surface area contributed by atoms with E-state index in [4.69, 9.17) is 0 Å². The lowest BCUT2D eigenvalue weighted by atomic mass is 9.97. The van der Waals surface area contributed by atoms with Gasteiger partial charge in [-0.1, -0.05) is 26.0 Å². The zero-order chi connectivity index (χ0) is 19.9. The van der Waals surface area contributed by atoms with Gasteiger partial charge in [0.05, 0.1) is 4.90 Å². The summed E-state index contributed by atoms with van der Waals surface area (Å²) in [6, 6.07) is 6.95. The maximum Gasteiger partial charge on any atom is 0.243 e. The molecule has 1 fully saturated rings. The Morgan fingerprint density at radius 1 is 1.22 bits per heavy atom. The fourth-order valence-electron chi connectivity index (χ4n) is 3.70. The molecule has 152 valence electrons. The third-order valence-corrected chi connectivity index (χ3v) is 7.32. The normalized spacial score (nSPS) is 18.1. The summed E-state index contributed by atoms with van der Waals surface area (Å²) in [5.74, 6) is 0.730. The van der Waals surface area contributed by atoms with Crippen LogP contribution in [0.15, 0.2) is 29.2 Å². The van der Waals surface area contributed by atoms with Crippen molar-refractivity contribution in [2.24, 2.45) is 5.92 Å². The van der Waals surface area contributed by atoms with Crippen molar-refractivity contribution < 1.29 is 13.2 Å². The van der Waals surface area contributed by atoms with Gasteiger partial charge < -0.3 is 10.2 Å². The maximum absolute atomic E-state index is 12.5. The number of nitrogens with zero attached hydrogens (tertiary/aromatic N) is 2. The smallest absolute Gasteiger partial charge is 0.243 e. The van der Waals surface area contributed by atoms with E-state index in [2.05, 4.69) is 5.32 Å². The number of hydrogen-bond donors (Lipinski definition) is 1. The van der Waals surface area contributed by atoms with Crippen molar-refractivity contribution in [3.05, 3.63) is 29.8 Å². The quantitative estimate of drug-likeness (QED) is 0.695. The van der Waals surface area contributed by atoms with E-state index in [1.54, 1.807) is 12.1 Å². The van der Waals surface area contributed by atoms with Crippen LogP contribution >= 0.6 is 0 Å². The van der Waals surface area contributed by atoms with Gasteiger partial charge in [0.15, 0.2) is 0 Å². The summed E-state index contributed by atoms with van der Waals surface area (Å²) in [7, 11) is -1.48. The van der Waals surface area contributed by atoms with E-state index in [0.717, 1.165) is 31.6 Å². The van der Waals surface area contributed by atoms with E-state index >= 15 is 0 Å². The van der Waals surface area contributed by atoms with Crippen molar-refractivity contribution in [3.63, 3.8) is 0 Å². The molecule has 6 nitrogen and oxygen atoms in total. The summed E-state index contributed by atoms with van der Waals surface area (Å²) < 4.78 is 26.5. The molecule has 1 atom stereocenters. The van der Waals surface area contributed by atoms with Crippen LogP contribution in [0.4, 0.5) is 0 Å². The zero-order valence-corrected chi connectivity index (χ0v) is 17.6. The lowest BCUT2D eigenvalue weighted by Gasteiger charge is -2.32. The summed E-state index contributed by atoms with van der Waals surface area (Å²) in [6.45, 7) is 7.22. The van der Waals surface area contributed by atoms with E-state index in [1.165, 1.54) is 10.7 Å². The molecule has 1 saturated heterocycles. The second-order valence-electron chi connectivity index (χ2n) is 7.14. The fourth-order valence-corrected chi connectivity index (χ4v) is 5.15. The largest absolute Gasteiger partial charge is 0.342 e.